The molecule has 0 N–H and O–H groups in total. The van der Waals surface area contributed by atoms with E-state index in [0.29, 0.717) is 6.42 Å². The van der Waals surface area contributed by atoms with Crippen molar-refractivity contribution < 1.29 is 19.1 Å². The van der Waals surface area contributed by atoms with Crippen molar-refractivity contribution in [3.8, 4) is 11.1 Å². The summed E-state index contributed by atoms with van der Waals surface area (Å²) in [5, 5.41) is 0. The predicted molar refractivity (Wildman–Crippen MR) is 125 cm³/mol. The fraction of sp³-hybridized carbons (Fsp3) is 0.200. The fourth-order valence-electron chi connectivity index (χ4n) is 4.38. The maximum Gasteiger partial charge on any atom is 0.413 e. The number of rotatable bonds is 4. The van der Waals surface area contributed by atoms with Crippen molar-refractivity contribution in [2.45, 2.75) is 18.4 Å². The van der Waals surface area contributed by atoms with Crippen LogP contribution in [0.4, 0.5) is 4.79 Å². The van der Waals surface area contributed by atoms with E-state index in [1.165, 1.54) is 16.0 Å². The molecule has 1 amide bonds. The summed E-state index contributed by atoms with van der Waals surface area (Å²) in [6.45, 7) is 0.137. The van der Waals surface area contributed by atoms with Crippen LogP contribution in [0.2, 0.25) is 0 Å². The highest BCUT2D eigenvalue weighted by Gasteiger charge is 2.39. The fourth-order valence-corrected chi connectivity index (χ4v) is 4.99. The smallest absolute Gasteiger partial charge is 0.413 e. The van der Waals surface area contributed by atoms with Crippen molar-refractivity contribution in [2.24, 2.45) is 0 Å². The van der Waals surface area contributed by atoms with Crippen LogP contribution in [0.3, 0.4) is 0 Å². The molecule has 1 heterocycles. The van der Waals surface area contributed by atoms with E-state index >= 15 is 0 Å². The minimum Gasteiger partial charge on any atom is -0.448 e. The van der Waals surface area contributed by atoms with E-state index in [0.717, 1.165) is 20.3 Å². The first-order chi connectivity index (χ1) is 15.1. The number of fused-ring (bicyclic) bond motifs is 3. The Morgan fingerprint density at radius 1 is 1.00 bits per heavy atom. The SMILES string of the molecule is O=C1OCN(C(=O)OCC2c3ccccc3-c3ccccc32)[C@H]1Cc1cccc(I)c1. The van der Waals surface area contributed by atoms with Gasteiger partial charge in [0.05, 0.1) is 0 Å². The van der Waals surface area contributed by atoms with Crippen molar-refractivity contribution in [3.63, 3.8) is 0 Å². The maximum atomic E-state index is 12.9. The molecule has 0 spiro atoms. The van der Waals surface area contributed by atoms with E-state index in [1.54, 1.807) is 0 Å². The second kappa shape index (κ2) is 8.34. The minimum atomic E-state index is -0.672. The lowest BCUT2D eigenvalue weighted by molar-refractivity contribution is -0.139. The van der Waals surface area contributed by atoms with Gasteiger partial charge in [0, 0.05) is 15.9 Å². The van der Waals surface area contributed by atoms with E-state index in [2.05, 4.69) is 46.9 Å². The second-order valence-electron chi connectivity index (χ2n) is 7.72. The van der Waals surface area contributed by atoms with E-state index in [9.17, 15) is 9.59 Å². The number of hydrogen-bond acceptors (Lipinski definition) is 4. The first-order valence-electron chi connectivity index (χ1n) is 10.1. The van der Waals surface area contributed by atoms with Crippen LogP contribution in [0.15, 0.2) is 72.8 Å². The van der Waals surface area contributed by atoms with Crippen molar-refractivity contribution >= 4 is 34.7 Å². The molecule has 6 heteroatoms. The molecule has 0 bridgehead atoms. The van der Waals surface area contributed by atoms with Gasteiger partial charge in [0.15, 0.2) is 6.73 Å². The highest BCUT2D eigenvalue weighted by molar-refractivity contribution is 14.1. The Hall–Kier alpha value is -2.87. The van der Waals surface area contributed by atoms with Gasteiger partial charge in [-0.3, -0.25) is 4.90 Å². The van der Waals surface area contributed by atoms with Crippen LogP contribution >= 0.6 is 22.6 Å². The Kier molecular flexibility index (Phi) is 5.40. The lowest BCUT2D eigenvalue weighted by atomic mass is 9.98. The third-order valence-corrected chi connectivity index (χ3v) is 6.55. The summed E-state index contributed by atoms with van der Waals surface area (Å²) in [4.78, 5) is 26.6. The summed E-state index contributed by atoms with van der Waals surface area (Å²) in [6.07, 6.45) is -0.122. The molecule has 0 radical (unpaired) electrons. The van der Waals surface area contributed by atoms with Gasteiger partial charge in [-0.15, -0.1) is 0 Å². The summed E-state index contributed by atoms with van der Waals surface area (Å²) in [5.41, 5.74) is 5.64. The van der Waals surface area contributed by atoms with Crippen molar-refractivity contribution in [3.05, 3.63) is 93.1 Å². The average molecular weight is 525 g/mol. The lowest BCUT2D eigenvalue weighted by Gasteiger charge is -2.21. The van der Waals surface area contributed by atoms with Crippen LogP contribution in [0.5, 0.6) is 0 Å². The number of carbonyl (C=O) groups excluding carboxylic acids is 2. The van der Waals surface area contributed by atoms with Gasteiger partial charge in [-0.25, -0.2) is 9.59 Å². The molecule has 2 aliphatic rings. The first-order valence-corrected chi connectivity index (χ1v) is 11.2. The zero-order valence-electron chi connectivity index (χ0n) is 16.7. The summed E-state index contributed by atoms with van der Waals surface area (Å²) >= 11 is 2.23. The van der Waals surface area contributed by atoms with Crippen LogP contribution in [0.1, 0.15) is 22.6 Å². The number of amides is 1. The van der Waals surface area contributed by atoms with Gasteiger partial charge in [0.1, 0.15) is 12.6 Å². The zero-order chi connectivity index (χ0) is 21.4. The number of benzene rings is 3. The normalized spacial score (nSPS) is 17.3. The number of nitrogens with zero attached hydrogens (tertiary/aromatic N) is 1. The summed E-state index contributed by atoms with van der Waals surface area (Å²) < 4.78 is 12.0. The number of hydrogen-bond donors (Lipinski definition) is 0. The first kappa shape index (κ1) is 20.1. The standard InChI is InChI=1S/C25H20INO4/c26-17-7-5-6-16(12-17)13-23-24(28)31-15-27(23)25(29)30-14-22-20-10-3-1-8-18(20)19-9-2-4-11-21(19)22/h1-12,22-23H,13-15H2/t23-/m0/s1. The third-order valence-electron chi connectivity index (χ3n) is 5.88. The van der Waals surface area contributed by atoms with Crippen molar-refractivity contribution in [1.82, 2.24) is 4.90 Å². The molecule has 31 heavy (non-hydrogen) atoms. The molecule has 5 nitrogen and oxygen atoms in total. The van der Waals surface area contributed by atoms with E-state index in [4.69, 9.17) is 9.47 Å². The highest BCUT2D eigenvalue weighted by atomic mass is 127. The Morgan fingerprint density at radius 3 is 2.35 bits per heavy atom. The Bertz CT molecular complexity index is 1120. The molecule has 0 aromatic heterocycles. The second-order valence-corrected chi connectivity index (χ2v) is 8.96. The van der Waals surface area contributed by atoms with Gasteiger partial charge in [-0.1, -0.05) is 60.7 Å². The molecule has 1 aliphatic heterocycles. The van der Waals surface area contributed by atoms with E-state index < -0.39 is 18.1 Å². The molecule has 0 unspecified atom stereocenters. The molecular formula is C25H20INO4. The Morgan fingerprint density at radius 2 is 1.68 bits per heavy atom. The number of esters is 1. The van der Waals surface area contributed by atoms with Crippen LogP contribution in [-0.2, 0) is 20.7 Å². The number of ether oxygens (including phenoxy) is 2. The Balaban J connectivity index is 1.32. The lowest BCUT2D eigenvalue weighted by Crippen LogP contribution is -2.40. The number of halogens is 1. The monoisotopic (exact) mass is 525 g/mol. The van der Waals surface area contributed by atoms with E-state index in [-0.39, 0.29) is 19.3 Å². The maximum absolute atomic E-state index is 12.9. The number of carbonyl (C=O) groups is 2. The number of cyclic esters (lactones) is 1. The Labute approximate surface area is 194 Å². The molecular weight excluding hydrogens is 505 g/mol. The van der Waals surface area contributed by atoms with Crippen LogP contribution in [0, 0.1) is 3.57 Å². The molecule has 1 aliphatic carbocycles. The van der Waals surface area contributed by atoms with Gasteiger partial charge in [-0.05, 0) is 62.5 Å². The third kappa shape index (κ3) is 3.80. The molecule has 5 rings (SSSR count). The van der Waals surface area contributed by atoms with Crippen molar-refractivity contribution in [1.29, 1.82) is 0 Å². The summed E-state index contributed by atoms with van der Waals surface area (Å²) in [7, 11) is 0. The molecule has 1 fully saturated rings. The topological polar surface area (TPSA) is 55.8 Å². The molecule has 3 aromatic carbocycles. The van der Waals surface area contributed by atoms with Gasteiger partial charge in [0.25, 0.3) is 0 Å². The highest BCUT2D eigenvalue weighted by Crippen LogP contribution is 2.44. The van der Waals surface area contributed by atoms with Crippen molar-refractivity contribution in [2.75, 3.05) is 13.3 Å². The molecule has 0 saturated carbocycles. The summed E-state index contributed by atoms with van der Waals surface area (Å²) in [5.74, 6) is -0.419. The molecule has 156 valence electrons. The molecule has 3 aromatic rings. The van der Waals surface area contributed by atoms with Gasteiger partial charge < -0.3 is 9.47 Å². The molecule has 1 atom stereocenters. The van der Waals surface area contributed by atoms with Crippen LogP contribution in [0.25, 0.3) is 11.1 Å². The van der Waals surface area contributed by atoms with Gasteiger partial charge in [0.2, 0.25) is 0 Å². The van der Waals surface area contributed by atoms with Crippen LogP contribution in [-0.4, -0.2) is 36.3 Å². The van der Waals surface area contributed by atoms with Gasteiger partial charge >= 0.3 is 12.1 Å². The zero-order valence-corrected chi connectivity index (χ0v) is 18.8. The van der Waals surface area contributed by atoms with Gasteiger partial charge in [-0.2, -0.15) is 0 Å². The largest absolute Gasteiger partial charge is 0.448 e. The summed E-state index contributed by atoms with van der Waals surface area (Å²) in [6, 6.07) is 23.6. The predicted octanol–water partition coefficient (Wildman–Crippen LogP) is 4.97. The molecule has 1 saturated heterocycles. The quantitative estimate of drug-likeness (QED) is 0.357. The average Bonchev–Trinajstić information content (AvgIpc) is 3.30. The van der Waals surface area contributed by atoms with Crippen LogP contribution < -0.4 is 0 Å². The van der Waals surface area contributed by atoms with E-state index in [1.807, 2.05) is 48.5 Å². The minimum absolute atomic E-state index is 0.0234.